The molecule has 2 rings (SSSR count). The highest BCUT2D eigenvalue weighted by molar-refractivity contribution is 7.12. The van der Waals surface area contributed by atoms with Gasteiger partial charge < -0.3 is 10.1 Å². The van der Waals surface area contributed by atoms with Gasteiger partial charge in [-0.25, -0.2) is 0 Å². The molecule has 0 fully saturated rings. The highest BCUT2D eigenvalue weighted by Gasteiger charge is 2.08. The van der Waals surface area contributed by atoms with Gasteiger partial charge in [-0.3, -0.25) is 20.4 Å². The van der Waals surface area contributed by atoms with Gasteiger partial charge in [0.25, 0.3) is 11.8 Å². The minimum absolute atomic E-state index is 0.177. The van der Waals surface area contributed by atoms with Crippen molar-refractivity contribution in [2.75, 3.05) is 19.0 Å². The van der Waals surface area contributed by atoms with E-state index in [1.807, 2.05) is 19.2 Å². The molecule has 1 aromatic carbocycles. The summed E-state index contributed by atoms with van der Waals surface area (Å²) in [6, 6.07) is 10.6. The lowest BCUT2D eigenvalue weighted by Gasteiger charge is -2.08. The van der Waals surface area contributed by atoms with Gasteiger partial charge in [-0.1, -0.05) is 6.07 Å². The summed E-state index contributed by atoms with van der Waals surface area (Å²) < 4.78 is 5.30. The molecule has 0 unspecified atom stereocenters. The number of ether oxygens (including phenoxy) is 1. The van der Waals surface area contributed by atoms with Gasteiger partial charge in [0.2, 0.25) is 0 Å². The summed E-state index contributed by atoms with van der Waals surface area (Å²) in [6.07, 6.45) is 0. The summed E-state index contributed by atoms with van der Waals surface area (Å²) >= 11 is 1.30. The highest BCUT2D eigenvalue weighted by Crippen LogP contribution is 2.14. The Bertz CT molecular complexity index is 596. The van der Waals surface area contributed by atoms with Crippen LogP contribution in [0, 0.1) is 0 Å². The van der Waals surface area contributed by atoms with Crippen LogP contribution in [0.15, 0.2) is 41.8 Å². The zero-order valence-corrected chi connectivity index (χ0v) is 12.2. The van der Waals surface area contributed by atoms with Crippen molar-refractivity contribution in [2.24, 2.45) is 0 Å². The van der Waals surface area contributed by atoms with Crippen molar-refractivity contribution in [1.29, 1.82) is 0 Å². The Labute approximate surface area is 126 Å². The maximum Gasteiger partial charge on any atom is 0.279 e. The van der Waals surface area contributed by atoms with Crippen LogP contribution in [0.25, 0.3) is 0 Å². The molecule has 6 nitrogen and oxygen atoms in total. The van der Waals surface area contributed by atoms with Crippen LogP contribution >= 0.6 is 11.3 Å². The number of hydrazine groups is 1. The molecule has 0 saturated heterocycles. The Balaban J connectivity index is 1.73. The quantitative estimate of drug-likeness (QED) is 0.734. The van der Waals surface area contributed by atoms with Crippen LogP contribution in [0.4, 0.5) is 5.69 Å². The van der Waals surface area contributed by atoms with Crippen LogP contribution in [0.2, 0.25) is 0 Å². The van der Waals surface area contributed by atoms with E-state index < -0.39 is 5.91 Å². The van der Waals surface area contributed by atoms with Gasteiger partial charge in [-0.05, 0) is 35.7 Å². The highest BCUT2D eigenvalue weighted by atomic mass is 32.1. The number of amides is 2. The molecule has 0 radical (unpaired) electrons. The van der Waals surface area contributed by atoms with Crippen molar-refractivity contribution in [3.05, 3.63) is 46.7 Å². The fourth-order valence-electron chi connectivity index (χ4n) is 1.50. The third-order valence-electron chi connectivity index (χ3n) is 2.57. The second-order valence-corrected chi connectivity index (χ2v) is 4.99. The van der Waals surface area contributed by atoms with Gasteiger partial charge in [-0.15, -0.1) is 11.3 Å². The molecule has 110 valence electrons. The minimum atomic E-state index is -0.433. The first-order valence-corrected chi connectivity index (χ1v) is 7.10. The number of rotatable bonds is 5. The monoisotopic (exact) mass is 305 g/mol. The van der Waals surface area contributed by atoms with Gasteiger partial charge in [0.05, 0.1) is 4.88 Å². The Morgan fingerprint density at radius 3 is 2.52 bits per heavy atom. The molecule has 0 atom stereocenters. The van der Waals surface area contributed by atoms with Crippen LogP contribution < -0.4 is 20.9 Å². The summed E-state index contributed by atoms with van der Waals surface area (Å²) in [7, 11) is 1.82. The van der Waals surface area contributed by atoms with Crippen LogP contribution in [0.3, 0.4) is 0 Å². The Morgan fingerprint density at radius 2 is 1.90 bits per heavy atom. The molecule has 1 heterocycles. The molecule has 0 saturated carbocycles. The zero-order valence-electron chi connectivity index (χ0n) is 11.4. The Hall–Kier alpha value is -2.54. The summed E-state index contributed by atoms with van der Waals surface area (Å²) in [5, 5.41) is 4.77. The lowest BCUT2D eigenvalue weighted by Crippen LogP contribution is -2.43. The van der Waals surface area contributed by atoms with E-state index in [9.17, 15) is 9.59 Å². The molecule has 0 aliphatic rings. The number of nitrogens with one attached hydrogen (secondary N) is 3. The molecule has 0 aliphatic heterocycles. The molecule has 1 aromatic heterocycles. The molecule has 3 N–H and O–H groups in total. The SMILES string of the molecule is CNc1ccc(OCC(=O)NNC(=O)c2cccs2)cc1. The van der Waals surface area contributed by atoms with Crippen molar-refractivity contribution in [3.8, 4) is 5.75 Å². The van der Waals surface area contributed by atoms with E-state index in [0.717, 1.165) is 5.69 Å². The number of benzene rings is 1. The summed E-state index contributed by atoms with van der Waals surface area (Å²) in [5.74, 6) is -0.206. The van der Waals surface area contributed by atoms with Gasteiger partial charge in [-0.2, -0.15) is 0 Å². The van der Waals surface area contributed by atoms with E-state index in [1.54, 1.807) is 29.6 Å². The molecule has 2 amide bonds. The maximum absolute atomic E-state index is 11.6. The number of thiophene rings is 1. The van der Waals surface area contributed by atoms with Gasteiger partial charge >= 0.3 is 0 Å². The zero-order chi connectivity index (χ0) is 15.1. The largest absolute Gasteiger partial charge is 0.484 e. The molecule has 0 spiro atoms. The van der Waals surface area contributed by atoms with Gasteiger partial charge in [0.15, 0.2) is 6.61 Å². The average Bonchev–Trinajstić information content (AvgIpc) is 3.05. The van der Waals surface area contributed by atoms with Crippen molar-refractivity contribution in [2.45, 2.75) is 0 Å². The summed E-state index contributed by atoms with van der Waals surface area (Å²) in [6.45, 7) is -0.177. The van der Waals surface area contributed by atoms with Crippen molar-refractivity contribution in [1.82, 2.24) is 10.9 Å². The van der Waals surface area contributed by atoms with E-state index in [-0.39, 0.29) is 12.5 Å². The number of anilines is 1. The average molecular weight is 305 g/mol. The van der Waals surface area contributed by atoms with Crippen molar-refractivity contribution in [3.63, 3.8) is 0 Å². The Morgan fingerprint density at radius 1 is 1.14 bits per heavy atom. The van der Waals surface area contributed by atoms with Crippen molar-refractivity contribution < 1.29 is 14.3 Å². The molecule has 0 aliphatic carbocycles. The van der Waals surface area contributed by atoms with Gasteiger partial charge in [0, 0.05) is 12.7 Å². The third kappa shape index (κ3) is 4.50. The lowest BCUT2D eigenvalue weighted by atomic mass is 10.3. The second-order valence-electron chi connectivity index (χ2n) is 4.04. The minimum Gasteiger partial charge on any atom is -0.484 e. The summed E-state index contributed by atoms with van der Waals surface area (Å²) in [4.78, 5) is 23.7. The summed E-state index contributed by atoms with van der Waals surface area (Å²) in [5.41, 5.74) is 5.57. The van der Waals surface area contributed by atoms with Crippen molar-refractivity contribution >= 4 is 28.8 Å². The first kappa shape index (κ1) is 14.9. The topological polar surface area (TPSA) is 79.5 Å². The van der Waals surface area contributed by atoms with E-state index in [2.05, 4.69) is 16.2 Å². The maximum atomic E-state index is 11.6. The van der Waals surface area contributed by atoms with E-state index in [1.165, 1.54) is 11.3 Å². The van der Waals surface area contributed by atoms with Gasteiger partial charge in [0.1, 0.15) is 5.75 Å². The van der Waals surface area contributed by atoms with Crippen LogP contribution in [-0.2, 0) is 4.79 Å². The lowest BCUT2D eigenvalue weighted by molar-refractivity contribution is -0.123. The number of carbonyl (C=O) groups excluding carboxylic acids is 2. The van der Waals surface area contributed by atoms with Crippen LogP contribution in [0.1, 0.15) is 9.67 Å². The fourth-order valence-corrected chi connectivity index (χ4v) is 2.12. The van der Waals surface area contributed by atoms with E-state index in [4.69, 9.17) is 4.74 Å². The number of hydrogen-bond donors (Lipinski definition) is 3. The normalized spacial score (nSPS) is 9.76. The molecule has 2 aromatic rings. The van der Waals surface area contributed by atoms with E-state index >= 15 is 0 Å². The van der Waals surface area contributed by atoms with E-state index in [0.29, 0.717) is 10.6 Å². The first-order valence-electron chi connectivity index (χ1n) is 6.22. The number of hydrogen-bond acceptors (Lipinski definition) is 5. The predicted octanol–water partition coefficient (Wildman–Crippen LogP) is 1.63. The van der Waals surface area contributed by atoms with Crippen LogP contribution in [0.5, 0.6) is 5.75 Å². The number of carbonyl (C=O) groups is 2. The van der Waals surface area contributed by atoms with Crippen LogP contribution in [-0.4, -0.2) is 25.5 Å². The third-order valence-corrected chi connectivity index (χ3v) is 3.44. The molecular weight excluding hydrogens is 290 g/mol. The first-order chi connectivity index (χ1) is 10.2. The predicted molar refractivity (Wildman–Crippen MR) is 81.4 cm³/mol. The second kappa shape index (κ2) is 7.30. The molecule has 21 heavy (non-hydrogen) atoms. The smallest absolute Gasteiger partial charge is 0.279 e. The molecule has 0 bridgehead atoms. The fraction of sp³-hybridized carbons (Fsp3) is 0.143. The molecular formula is C14H15N3O3S. The Kier molecular flexibility index (Phi) is 5.16. The molecule has 7 heteroatoms. The standard InChI is InChI=1S/C14H15N3O3S/c1-15-10-4-6-11(7-5-10)20-9-13(18)16-17-14(19)12-3-2-8-21-12/h2-8,15H,9H2,1H3,(H,16,18)(H,17,19).